The highest BCUT2D eigenvalue weighted by atomic mass is 15.3. The van der Waals surface area contributed by atoms with E-state index in [1.165, 1.54) is 16.7 Å². The Bertz CT molecular complexity index is 566. The Kier molecular flexibility index (Phi) is 7.19. The molecule has 0 bridgehead atoms. The molecule has 3 nitrogen and oxygen atoms in total. The van der Waals surface area contributed by atoms with Gasteiger partial charge in [-0.3, -0.25) is 14.8 Å². The number of piperazine rings is 1. The second kappa shape index (κ2) is 9.14. The second-order valence-electron chi connectivity index (χ2n) is 6.87. The smallest absolute Gasteiger partial charge is 0.0991 e. The van der Waals surface area contributed by atoms with Crippen molar-refractivity contribution in [3.05, 3.63) is 41.5 Å². The first-order chi connectivity index (χ1) is 11.5. The van der Waals surface area contributed by atoms with Crippen LogP contribution < -0.4 is 0 Å². The molecule has 24 heavy (non-hydrogen) atoms. The van der Waals surface area contributed by atoms with Gasteiger partial charge in [-0.05, 0) is 50.8 Å². The van der Waals surface area contributed by atoms with Gasteiger partial charge in [0.1, 0.15) is 0 Å². The van der Waals surface area contributed by atoms with E-state index in [-0.39, 0.29) is 6.17 Å². The normalized spacial score (nSPS) is 19.3. The molecule has 0 amide bonds. The highest BCUT2D eigenvalue weighted by molar-refractivity contribution is 6.09. The molecular formula is C21H33N3. The minimum Gasteiger partial charge on any atom is -0.298 e. The predicted molar refractivity (Wildman–Crippen MR) is 106 cm³/mol. The molecule has 2 rings (SSSR count). The van der Waals surface area contributed by atoms with E-state index in [1.54, 1.807) is 0 Å². The zero-order valence-corrected chi connectivity index (χ0v) is 16.0. The topological polar surface area (TPSA) is 18.8 Å². The van der Waals surface area contributed by atoms with Gasteiger partial charge in [0.15, 0.2) is 0 Å². The van der Waals surface area contributed by atoms with Crippen LogP contribution in [-0.2, 0) is 6.42 Å². The molecule has 0 spiro atoms. The van der Waals surface area contributed by atoms with Gasteiger partial charge in [-0.25, -0.2) is 0 Å². The van der Waals surface area contributed by atoms with Gasteiger partial charge in [-0.2, -0.15) is 0 Å². The molecule has 0 aromatic heterocycles. The highest BCUT2D eigenvalue weighted by Crippen LogP contribution is 2.16. The monoisotopic (exact) mass is 327 g/mol. The number of aryl methyl sites for hydroxylation is 1. The molecular weight excluding hydrogens is 294 g/mol. The molecule has 1 unspecified atom stereocenters. The third kappa shape index (κ3) is 5.02. The molecule has 0 aliphatic carbocycles. The molecule has 0 saturated carbocycles. The number of rotatable bonds is 6. The summed E-state index contributed by atoms with van der Waals surface area (Å²) in [4.78, 5) is 9.85. The van der Waals surface area contributed by atoms with Crippen LogP contribution >= 0.6 is 0 Å². The molecule has 1 saturated heterocycles. The van der Waals surface area contributed by atoms with E-state index in [0.717, 1.165) is 32.6 Å². The van der Waals surface area contributed by atoms with Gasteiger partial charge >= 0.3 is 0 Å². The number of hydrogen-bond acceptors (Lipinski definition) is 3. The Labute approximate surface area is 148 Å². The van der Waals surface area contributed by atoms with Crippen molar-refractivity contribution in [3.63, 3.8) is 0 Å². The molecule has 1 aromatic rings. The Hall–Kier alpha value is -1.45. The number of hydrogen-bond donors (Lipinski definition) is 0. The van der Waals surface area contributed by atoms with E-state index in [4.69, 9.17) is 4.99 Å². The van der Waals surface area contributed by atoms with Crippen LogP contribution in [0, 0.1) is 0 Å². The summed E-state index contributed by atoms with van der Waals surface area (Å²) in [6.45, 7) is 15.5. The Morgan fingerprint density at radius 3 is 2.38 bits per heavy atom. The van der Waals surface area contributed by atoms with Crippen LogP contribution in [0.4, 0.5) is 0 Å². The van der Waals surface area contributed by atoms with Crippen LogP contribution in [0.25, 0.3) is 5.57 Å². The zero-order chi connectivity index (χ0) is 17.5. The molecule has 1 aromatic carbocycles. The van der Waals surface area contributed by atoms with E-state index in [1.807, 2.05) is 6.21 Å². The predicted octanol–water partition coefficient (Wildman–Crippen LogP) is 4.10. The number of aliphatic imine (C=N–C) groups is 1. The van der Waals surface area contributed by atoms with Crippen molar-refractivity contribution in [1.82, 2.24) is 9.80 Å². The minimum absolute atomic E-state index is 0.239. The fourth-order valence-electron chi connectivity index (χ4n) is 3.20. The van der Waals surface area contributed by atoms with Gasteiger partial charge in [0.2, 0.25) is 0 Å². The van der Waals surface area contributed by atoms with Crippen LogP contribution in [-0.4, -0.2) is 54.4 Å². The first kappa shape index (κ1) is 18.9. The largest absolute Gasteiger partial charge is 0.298 e. The summed E-state index contributed by atoms with van der Waals surface area (Å²) in [6.07, 6.45) is 5.51. The van der Waals surface area contributed by atoms with Crippen LogP contribution in [0.5, 0.6) is 0 Å². The van der Waals surface area contributed by atoms with Crippen molar-refractivity contribution in [3.8, 4) is 0 Å². The second-order valence-corrected chi connectivity index (χ2v) is 6.87. The number of benzene rings is 1. The molecule has 1 atom stereocenters. The van der Waals surface area contributed by atoms with Gasteiger partial charge in [0.25, 0.3) is 0 Å². The maximum absolute atomic E-state index is 4.83. The summed E-state index contributed by atoms with van der Waals surface area (Å²) < 4.78 is 0. The molecule has 0 radical (unpaired) electrons. The van der Waals surface area contributed by atoms with E-state index in [9.17, 15) is 0 Å². The van der Waals surface area contributed by atoms with Gasteiger partial charge in [0.05, 0.1) is 6.17 Å². The van der Waals surface area contributed by atoms with Crippen molar-refractivity contribution in [2.24, 2.45) is 4.99 Å². The molecule has 0 N–H and O–H groups in total. The fraction of sp³-hybridized carbons (Fsp3) is 0.571. The highest BCUT2D eigenvalue weighted by Gasteiger charge is 2.21. The third-order valence-corrected chi connectivity index (χ3v) is 5.02. The lowest BCUT2D eigenvalue weighted by atomic mass is 10.0. The van der Waals surface area contributed by atoms with Crippen LogP contribution in [0.2, 0.25) is 0 Å². The molecule has 1 aliphatic heterocycles. The fourth-order valence-corrected chi connectivity index (χ4v) is 3.20. The summed E-state index contributed by atoms with van der Waals surface area (Å²) in [7, 11) is 0. The summed E-state index contributed by atoms with van der Waals surface area (Å²) in [5.41, 5.74) is 3.84. The van der Waals surface area contributed by atoms with Crippen LogP contribution in [0.15, 0.2) is 35.3 Å². The number of allylic oxidation sites excluding steroid dienone is 2. The standard InChI is InChI=1S/C21H33N3/c1-6-19-9-8-10-21(15-19)20(7-2)16-22-18(5)24-13-11-23(12-14-24)17(3)4/h7-10,15-18H,6,11-14H2,1-5H3/b20-7+,22-16?. The van der Waals surface area contributed by atoms with Crippen molar-refractivity contribution in [1.29, 1.82) is 0 Å². The Balaban J connectivity index is 1.98. The first-order valence-corrected chi connectivity index (χ1v) is 9.32. The van der Waals surface area contributed by atoms with E-state index in [0.29, 0.717) is 6.04 Å². The average Bonchev–Trinajstić information content (AvgIpc) is 2.62. The van der Waals surface area contributed by atoms with Gasteiger partial charge in [-0.15, -0.1) is 0 Å². The van der Waals surface area contributed by atoms with Gasteiger partial charge in [-0.1, -0.05) is 37.3 Å². The molecule has 132 valence electrons. The molecule has 1 heterocycles. The summed E-state index contributed by atoms with van der Waals surface area (Å²) in [5.74, 6) is 0. The molecule has 1 fully saturated rings. The van der Waals surface area contributed by atoms with Crippen LogP contribution in [0.1, 0.15) is 45.7 Å². The maximum atomic E-state index is 4.83. The van der Waals surface area contributed by atoms with E-state index >= 15 is 0 Å². The number of nitrogens with zero attached hydrogens (tertiary/aromatic N) is 3. The van der Waals surface area contributed by atoms with Crippen molar-refractivity contribution in [2.75, 3.05) is 26.2 Å². The van der Waals surface area contributed by atoms with E-state index in [2.05, 4.69) is 74.8 Å². The average molecular weight is 328 g/mol. The maximum Gasteiger partial charge on any atom is 0.0991 e. The third-order valence-electron chi connectivity index (χ3n) is 5.02. The molecule has 1 aliphatic rings. The SMILES string of the molecule is C/C=C(\C=NC(C)N1CCN(C(C)C)CC1)c1cccc(CC)c1. The van der Waals surface area contributed by atoms with Crippen molar-refractivity contribution < 1.29 is 0 Å². The summed E-state index contributed by atoms with van der Waals surface area (Å²) in [5, 5.41) is 0. The lowest BCUT2D eigenvalue weighted by Crippen LogP contribution is -2.51. The summed E-state index contributed by atoms with van der Waals surface area (Å²) >= 11 is 0. The van der Waals surface area contributed by atoms with Crippen molar-refractivity contribution >= 4 is 11.8 Å². The quantitative estimate of drug-likeness (QED) is 0.733. The van der Waals surface area contributed by atoms with Crippen molar-refractivity contribution in [2.45, 2.75) is 53.2 Å². The van der Waals surface area contributed by atoms with Gasteiger partial charge < -0.3 is 0 Å². The zero-order valence-electron chi connectivity index (χ0n) is 16.0. The minimum atomic E-state index is 0.239. The van der Waals surface area contributed by atoms with Crippen LogP contribution in [0.3, 0.4) is 0 Å². The Morgan fingerprint density at radius 2 is 1.79 bits per heavy atom. The van der Waals surface area contributed by atoms with Gasteiger partial charge in [0, 0.05) is 38.4 Å². The van der Waals surface area contributed by atoms with E-state index < -0.39 is 0 Å². The Morgan fingerprint density at radius 1 is 1.12 bits per heavy atom. The summed E-state index contributed by atoms with van der Waals surface area (Å²) in [6, 6.07) is 9.41. The molecule has 3 heteroatoms. The lowest BCUT2D eigenvalue weighted by Gasteiger charge is -2.38. The first-order valence-electron chi connectivity index (χ1n) is 9.32. The lowest BCUT2D eigenvalue weighted by molar-refractivity contribution is 0.0862.